The number of nitrogens with zero attached hydrogens (tertiary/aromatic N) is 1. The van der Waals surface area contributed by atoms with E-state index in [-0.39, 0.29) is 5.78 Å². The van der Waals surface area contributed by atoms with Crippen molar-refractivity contribution in [1.29, 1.82) is 0 Å². The summed E-state index contributed by atoms with van der Waals surface area (Å²) in [5.74, 6) is -0.00600. The summed E-state index contributed by atoms with van der Waals surface area (Å²) < 4.78 is 0. The fourth-order valence-corrected chi connectivity index (χ4v) is 2.24. The van der Waals surface area contributed by atoms with Crippen molar-refractivity contribution in [2.45, 2.75) is 6.42 Å². The number of carbonyl (C=O) groups is 1. The van der Waals surface area contributed by atoms with Crippen molar-refractivity contribution in [3.8, 4) is 0 Å². The van der Waals surface area contributed by atoms with E-state index in [0.717, 1.165) is 23.1 Å². The molecule has 0 bridgehead atoms. The lowest BCUT2D eigenvalue weighted by molar-refractivity contribution is 0.103. The number of hydrogen-bond donors (Lipinski definition) is 0. The molecule has 0 aliphatic heterocycles. The number of fused-ring (bicyclic) bond motifs is 2. The Labute approximate surface area is 97.9 Å². The summed E-state index contributed by atoms with van der Waals surface area (Å²) in [5.41, 5.74) is 3.24. The van der Waals surface area contributed by atoms with Crippen LogP contribution in [-0.4, -0.2) is 10.8 Å². The van der Waals surface area contributed by atoms with Crippen LogP contribution in [0, 0.1) is 0 Å². The number of aromatic nitrogens is 1. The zero-order valence-electron chi connectivity index (χ0n) is 8.40. The predicted molar refractivity (Wildman–Crippen MR) is 61.9 cm³/mol. The highest BCUT2D eigenvalue weighted by Crippen LogP contribution is 2.27. The second kappa shape index (κ2) is 3.42. The Kier molecular flexibility index (Phi) is 2.04. The largest absolute Gasteiger partial charge is 0.287 e. The molecule has 1 heterocycles. The van der Waals surface area contributed by atoms with Crippen molar-refractivity contribution in [3.63, 3.8) is 0 Å². The SMILES string of the molecule is O=C1c2ccc(Cl)cc2Cc2cccnc21. The van der Waals surface area contributed by atoms with Gasteiger partial charge in [-0.1, -0.05) is 17.7 Å². The van der Waals surface area contributed by atoms with Gasteiger partial charge in [-0.2, -0.15) is 0 Å². The Morgan fingerprint density at radius 2 is 2.06 bits per heavy atom. The van der Waals surface area contributed by atoms with Gasteiger partial charge in [0.15, 0.2) is 0 Å². The minimum Gasteiger partial charge on any atom is -0.287 e. The molecule has 0 amide bonds. The average molecular weight is 230 g/mol. The lowest BCUT2D eigenvalue weighted by atomic mass is 9.88. The molecular formula is C13H8ClNO. The van der Waals surface area contributed by atoms with Crippen LogP contribution in [-0.2, 0) is 6.42 Å². The first-order chi connectivity index (χ1) is 7.75. The van der Waals surface area contributed by atoms with Crippen molar-refractivity contribution in [2.24, 2.45) is 0 Å². The van der Waals surface area contributed by atoms with E-state index in [1.54, 1.807) is 18.3 Å². The molecule has 0 radical (unpaired) electrons. The van der Waals surface area contributed by atoms with Crippen LogP contribution < -0.4 is 0 Å². The van der Waals surface area contributed by atoms with Crippen molar-refractivity contribution < 1.29 is 4.79 Å². The first-order valence-corrected chi connectivity index (χ1v) is 5.40. The molecule has 78 valence electrons. The third kappa shape index (κ3) is 1.34. The highest BCUT2D eigenvalue weighted by Gasteiger charge is 2.23. The summed E-state index contributed by atoms with van der Waals surface area (Å²) in [6, 6.07) is 9.15. The number of benzene rings is 1. The van der Waals surface area contributed by atoms with Gasteiger partial charge in [0.2, 0.25) is 5.78 Å². The molecule has 1 aliphatic carbocycles. The standard InChI is InChI=1S/C13H8ClNO/c14-10-3-4-11-9(7-10)6-8-2-1-5-15-12(8)13(11)16/h1-5,7H,6H2. The summed E-state index contributed by atoms with van der Waals surface area (Å²) in [7, 11) is 0. The number of hydrogen-bond acceptors (Lipinski definition) is 2. The summed E-state index contributed by atoms with van der Waals surface area (Å²) in [4.78, 5) is 16.3. The van der Waals surface area contributed by atoms with E-state index < -0.39 is 0 Å². The number of ketones is 1. The van der Waals surface area contributed by atoms with Crippen LogP contribution in [0.15, 0.2) is 36.5 Å². The number of halogens is 1. The minimum absolute atomic E-state index is 0.00600. The number of rotatable bonds is 0. The number of pyridine rings is 1. The maximum absolute atomic E-state index is 12.1. The van der Waals surface area contributed by atoms with Crippen molar-refractivity contribution >= 4 is 17.4 Å². The molecule has 3 rings (SSSR count). The van der Waals surface area contributed by atoms with E-state index in [2.05, 4.69) is 4.98 Å². The molecule has 0 saturated carbocycles. The Balaban J connectivity index is 2.22. The highest BCUT2D eigenvalue weighted by molar-refractivity contribution is 6.30. The number of carbonyl (C=O) groups excluding carboxylic acids is 1. The van der Waals surface area contributed by atoms with Gasteiger partial charge >= 0.3 is 0 Å². The zero-order chi connectivity index (χ0) is 11.1. The third-order valence-corrected chi connectivity index (χ3v) is 3.03. The summed E-state index contributed by atoms with van der Waals surface area (Å²) in [6.45, 7) is 0. The average Bonchev–Trinajstić information content (AvgIpc) is 2.29. The predicted octanol–water partition coefficient (Wildman–Crippen LogP) is 2.87. The van der Waals surface area contributed by atoms with Gasteiger partial charge in [0.25, 0.3) is 0 Å². The molecule has 0 unspecified atom stereocenters. The van der Waals surface area contributed by atoms with Gasteiger partial charge in [-0.25, -0.2) is 0 Å². The molecule has 0 spiro atoms. The van der Waals surface area contributed by atoms with Gasteiger partial charge in [-0.05, 0) is 35.4 Å². The third-order valence-electron chi connectivity index (χ3n) is 2.80. The summed E-state index contributed by atoms with van der Waals surface area (Å²) >= 11 is 5.92. The van der Waals surface area contributed by atoms with Gasteiger partial charge in [0.1, 0.15) is 5.69 Å². The quantitative estimate of drug-likeness (QED) is 0.593. The van der Waals surface area contributed by atoms with E-state index in [1.165, 1.54) is 0 Å². The van der Waals surface area contributed by atoms with Crippen LogP contribution in [0.3, 0.4) is 0 Å². The van der Waals surface area contributed by atoms with Crippen LogP contribution in [0.5, 0.6) is 0 Å². The fourth-order valence-electron chi connectivity index (χ4n) is 2.05. The molecule has 0 saturated heterocycles. The van der Waals surface area contributed by atoms with Gasteiger partial charge in [-0.15, -0.1) is 0 Å². The van der Waals surface area contributed by atoms with Crippen molar-refractivity contribution in [1.82, 2.24) is 4.98 Å². The maximum atomic E-state index is 12.1. The van der Waals surface area contributed by atoms with E-state index >= 15 is 0 Å². The Morgan fingerprint density at radius 1 is 1.19 bits per heavy atom. The molecule has 0 atom stereocenters. The molecular weight excluding hydrogens is 222 g/mol. The van der Waals surface area contributed by atoms with Crippen LogP contribution in [0.4, 0.5) is 0 Å². The van der Waals surface area contributed by atoms with Crippen LogP contribution >= 0.6 is 11.6 Å². The Hall–Kier alpha value is -1.67. The molecule has 2 aromatic rings. The van der Waals surface area contributed by atoms with Gasteiger partial charge in [0.05, 0.1) is 0 Å². The molecule has 1 aromatic heterocycles. The normalized spacial score (nSPS) is 13.2. The highest BCUT2D eigenvalue weighted by atomic mass is 35.5. The summed E-state index contributed by atoms with van der Waals surface area (Å²) in [6.07, 6.45) is 2.38. The van der Waals surface area contributed by atoms with E-state index in [4.69, 9.17) is 11.6 Å². The Morgan fingerprint density at radius 3 is 2.94 bits per heavy atom. The molecule has 3 heteroatoms. The zero-order valence-corrected chi connectivity index (χ0v) is 9.16. The Bertz CT molecular complexity index is 592. The topological polar surface area (TPSA) is 30.0 Å². The van der Waals surface area contributed by atoms with E-state index in [0.29, 0.717) is 10.7 Å². The fraction of sp³-hybridized carbons (Fsp3) is 0.0769. The molecule has 1 aliphatic rings. The lowest BCUT2D eigenvalue weighted by Crippen LogP contribution is -2.16. The molecule has 1 aromatic carbocycles. The van der Waals surface area contributed by atoms with E-state index in [1.807, 2.05) is 18.2 Å². The van der Waals surface area contributed by atoms with Crippen LogP contribution in [0.2, 0.25) is 5.02 Å². The first-order valence-electron chi connectivity index (χ1n) is 5.03. The smallest absolute Gasteiger partial charge is 0.211 e. The van der Waals surface area contributed by atoms with E-state index in [9.17, 15) is 4.79 Å². The van der Waals surface area contributed by atoms with Gasteiger partial charge in [-0.3, -0.25) is 9.78 Å². The molecule has 0 fully saturated rings. The summed E-state index contributed by atoms with van der Waals surface area (Å²) in [5, 5.41) is 0.666. The molecule has 16 heavy (non-hydrogen) atoms. The maximum Gasteiger partial charge on any atom is 0.211 e. The second-order valence-corrected chi connectivity index (χ2v) is 4.25. The monoisotopic (exact) mass is 229 g/mol. The van der Waals surface area contributed by atoms with Crippen molar-refractivity contribution in [3.05, 3.63) is 63.9 Å². The van der Waals surface area contributed by atoms with Crippen LogP contribution in [0.25, 0.3) is 0 Å². The minimum atomic E-state index is -0.00600. The first kappa shape index (κ1) is 9.55. The molecule has 0 N–H and O–H groups in total. The van der Waals surface area contributed by atoms with Crippen molar-refractivity contribution in [2.75, 3.05) is 0 Å². The van der Waals surface area contributed by atoms with Gasteiger partial charge in [0, 0.05) is 23.2 Å². The van der Waals surface area contributed by atoms with Gasteiger partial charge < -0.3 is 0 Å². The molecule has 2 nitrogen and oxygen atoms in total. The van der Waals surface area contributed by atoms with Crippen LogP contribution in [0.1, 0.15) is 27.2 Å². The lowest BCUT2D eigenvalue weighted by Gasteiger charge is -2.17. The second-order valence-electron chi connectivity index (χ2n) is 3.82.